The topological polar surface area (TPSA) is 129 Å². The second-order valence-corrected chi connectivity index (χ2v) is 1.95. The van der Waals surface area contributed by atoms with Crippen molar-refractivity contribution in [1.29, 1.82) is 0 Å². The molecule has 0 heterocycles. The number of primary amides is 2. The van der Waals surface area contributed by atoms with E-state index in [1.54, 1.807) is 0 Å². The summed E-state index contributed by atoms with van der Waals surface area (Å²) in [6.45, 7) is -0.387. The summed E-state index contributed by atoms with van der Waals surface area (Å²) in [5.41, 5.74) is 13.9. The van der Waals surface area contributed by atoms with E-state index in [2.05, 4.69) is 0 Å². The first kappa shape index (κ1) is 10.3. The van der Waals surface area contributed by atoms with Crippen LogP contribution in [0.3, 0.4) is 0 Å². The minimum atomic E-state index is -1.01. The van der Waals surface area contributed by atoms with E-state index >= 15 is 0 Å². The van der Waals surface area contributed by atoms with Crippen molar-refractivity contribution in [2.75, 3.05) is 6.54 Å². The fraction of sp³-hybridized carbons (Fsp3) is 0.167. The fourth-order valence-corrected chi connectivity index (χ4v) is 0.541. The van der Waals surface area contributed by atoms with Gasteiger partial charge in [-0.1, -0.05) is 0 Å². The Kier molecular flexibility index (Phi) is 3.65. The van der Waals surface area contributed by atoms with E-state index in [-0.39, 0.29) is 6.54 Å². The lowest BCUT2D eigenvalue weighted by molar-refractivity contribution is -0.121. The maximum Gasteiger partial charge on any atom is 0.252 e. The van der Waals surface area contributed by atoms with E-state index in [0.717, 1.165) is 0 Å². The van der Waals surface area contributed by atoms with Crippen molar-refractivity contribution in [2.45, 2.75) is 0 Å². The van der Waals surface area contributed by atoms with Crippen molar-refractivity contribution >= 4 is 17.6 Å². The Morgan fingerprint density at radius 1 is 1.17 bits per heavy atom. The summed E-state index contributed by atoms with van der Waals surface area (Å²) in [6, 6.07) is 0. The molecule has 0 aliphatic rings. The first-order valence-electron chi connectivity index (χ1n) is 3.03. The van der Waals surface area contributed by atoms with Crippen LogP contribution < -0.4 is 17.2 Å². The molecule has 0 radical (unpaired) electrons. The van der Waals surface area contributed by atoms with Gasteiger partial charge in [-0.3, -0.25) is 14.4 Å². The molecule has 0 aromatic rings. The molecule has 0 rings (SSSR count). The summed E-state index contributed by atoms with van der Waals surface area (Å²) in [6.07, 6.45) is 0.664. The maximum atomic E-state index is 10.8. The molecule has 0 aliphatic carbocycles. The van der Waals surface area contributed by atoms with Gasteiger partial charge in [-0.2, -0.15) is 0 Å². The molecule has 2 amide bonds. The highest BCUT2D eigenvalue weighted by Crippen LogP contribution is 1.93. The molecule has 0 fully saturated rings. The summed E-state index contributed by atoms with van der Waals surface area (Å²) in [5.74, 6) is -2.63. The van der Waals surface area contributed by atoms with Crippen LogP contribution in [0.2, 0.25) is 0 Å². The van der Waals surface area contributed by atoms with Crippen molar-refractivity contribution in [3.63, 3.8) is 0 Å². The number of ketones is 1. The predicted octanol–water partition coefficient (Wildman–Crippen LogP) is -2.59. The first-order valence-corrected chi connectivity index (χ1v) is 3.03. The van der Waals surface area contributed by atoms with Crippen molar-refractivity contribution < 1.29 is 14.4 Å². The highest BCUT2D eigenvalue weighted by molar-refractivity contribution is 6.22. The van der Waals surface area contributed by atoms with Crippen molar-refractivity contribution in [2.24, 2.45) is 17.2 Å². The maximum absolute atomic E-state index is 10.8. The molecule has 0 atom stereocenters. The quantitative estimate of drug-likeness (QED) is 0.243. The Balaban J connectivity index is 4.79. The Labute approximate surface area is 68.4 Å². The third kappa shape index (κ3) is 2.93. The van der Waals surface area contributed by atoms with E-state index in [1.807, 2.05) is 0 Å². The zero-order chi connectivity index (χ0) is 9.72. The van der Waals surface area contributed by atoms with Crippen LogP contribution in [0.25, 0.3) is 0 Å². The van der Waals surface area contributed by atoms with Crippen LogP contribution in [-0.2, 0) is 14.4 Å². The first-order chi connectivity index (χ1) is 5.49. The van der Waals surface area contributed by atoms with Gasteiger partial charge in [0, 0.05) is 6.08 Å². The van der Waals surface area contributed by atoms with Crippen LogP contribution in [0.4, 0.5) is 0 Å². The molecule has 0 spiro atoms. The molecule has 6 N–H and O–H groups in total. The smallest absolute Gasteiger partial charge is 0.252 e. The second kappa shape index (κ2) is 4.24. The molecule has 0 aromatic heterocycles. The van der Waals surface area contributed by atoms with Gasteiger partial charge < -0.3 is 17.2 Å². The molecule has 6 heteroatoms. The van der Waals surface area contributed by atoms with Crippen LogP contribution >= 0.6 is 0 Å². The normalized spacial score (nSPS) is 10.9. The van der Waals surface area contributed by atoms with E-state index in [0.29, 0.717) is 6.08 Å². The number of hydrogen-bond acceptors (Lipinski definition) is 4. The van der Waals surface area contributed by atoms with Crippen molar-refractivity contribution in [3.8, 4) is 0 Å². The average Bonchev–Trinajstić information content (AvgIpc) is 1.98. The Hall–Kier alpha value is -1.69. The molecular weight excluding hydrogens is 162 g/mol. The highest BCUT2D eigenvalue weighted by atomic mass is 16.2. The zero-order valence-corrected chi connectivity index (χ0v) is 6.24. The van der Waals surface area contributed by atoms with Gasteiger partial charge in [-0.25, -0.2) is 0 Å². The molecule has 0 aliphatic heterocycles. The van der Waals surface area contributed by atoms with Crippen LogP contribution in [0.1, 0.15) is 0 Å². The van der Waals surface area contributed by atoms with Gasteiger partial charge in [0.05, 0.1) is 12.1 Å². The van der Waals surface area contributed by atoms with Crippen molar-refractivity contribution in [3.05, 3.63) is 11.6 Å². The summed E-state index contributed by atoms with van der Waals surface area (Å²) in [4.78, 5) is 31.6. The van der Waals surface area contributed by atoms with Gasteiger partial charge >= 0.3 is 0 Å². The van der Waals surface area contributed by atoms with E-state index in [9.17, 15) is 14.4 Å². The number of rotatable bonds is 4. The van der Waals surface area contributed by atoms with Gasteiger partial charge in [0.2, 0.25) is 5.91 Å². The second-order valence-electron chi connectivity index (χ2n) is 1.95. The molecule has 0 aromatic carbocycles. The standard InChI is InChI=1S/C6H9N3O3/c7-2-4(10)3(6(9)12)1-5(8)11/h1H,2,7H2,(H2,8,11)(H2,9,12)/b3-1+. The molecule has 12 heavy (non-hydrogen) atoms. The lowest BCUT2D eigenvalue weighted by atomic mass is 10.1. The minimum Gasteiger partial charge on any atom is -0.366 e. The summed E-state index contributed by atoms with van der Waals surface area (Å²) in [5, 5.41) is 0. The number of amides is 2. The molecule has 66 valence electrons. The zero-order valence-electron chi connectivity index (χ0n) is 6.24. The van der Waals surface area contributed by atoms with Crippen LogP contribution in [0, 0.1) is 0 Å². The van der Waals surface area contributed by atoms with E-state index in [1.165, 1.54) is 0 Å². The molecule has 0 saturated carbocycles. The molecule has 0 unspecified atom stereocenters. The highest BCUT2D eigenvalue weighted by Gasteiger charge is 2.14. The van der Waals surface area contributed by atoms with Crippen LogP contribution in [0.5, 0.6) is 0 Å². The number of carbonyl (C=O) groups is 3. The third-order valence-electron chi connectivity index (χ3n) is 1.04. The number of hydrogen-bond donors (Lipinski definition) is 3. The summed E-state index contributed by atoms with van der Waals surface area (Å²) < 4.78 is 0. The molecule has 6 nitrogen and oxygen atoms in total. The average molecular weight is 171 g/mol. The monoisotopic (exact) mass is 171 g/mol. The van der Waals surface area contributed by atoms with Gasteiger partial charge in [0.15, 0.2) is 5.78 Å². The minimum absolute atomic E-state index is 0.387. The Morgan fingerprint density at radius 2 is 1.67 bits per heavy atom. The predicted molar refractivity (Wildman–Crippen MR) is 40.5 cm³/mol. The van der Waals surface area contributed by atoms with Crippen molar-refractivity contribution in [1.82, 2.24) is 0 Å². The molecule has 0 bridgehead atoms. The molecular formula is C6H9N3O3. The fourth-order valence-electron chi connectivity index (χ4n) is 0.541. The number of Topliss-reactive ketones (excluding diaryl/α,β-unsaturated/α-hetero) is 1. The summed E-state index contributed by atoms with van der Waals surface area (Å²) in [7, 11) is 0. The SMILES string of the molecule is NCC(=O)/C(=C\C(N)=O)C(N)=O. The van der Waals surface area contributed by atoms with Gasteiger partial charge in [0.25, 0.3) is 5.91 Å². The Morgan fingerprint density at radius 3 is 1.92 bits per heavy atom. The van der Waals surface area contributed by atoms with E-state index in [4.69, 9.17) is 17.2 Å². The number of nitrogens with two attached hydrogens (primary N) is 3. The van der Waals surface area contributed by atoms with Gasteiger partial charge in [-0.05, 0) is 0 Å². The largest absolute Gasteiger partial charge is 0.366 e. The Bertz CT molecular complexity index is 257. The molecule has 0 saturated heterocycles. The van der Waals surface area contributed by atoms with E-state index < -0.39 is 23.2 Å². The van der Waals surface area contributed by atoms with Crippen LogP contribution in [-0.4, -0.2) is 24.1 Å². The van der Waals surface area contributed by atoms with Gasteiger partial charge in [0.1, 0.15) is 0 Å². The lowest BCUT2D eigenvalue weighted by Crippen LogP contribution is -2.27. The number of carbonyl (C=O) groups excluding carboxylic acids is 3. The van der Waals surface area contributed by atoms with Gasteiger partial charge in [-0.15, -0.1) is 0 Å². The lowest BCUT2D eigenvalue weighted by Gasteiger charge is -1.97. The third-order valence-corrected chi connectivity index (χ3v) is 1.04. The van der Waals surface area contributed by atoms with Crippen LogP contribution in [0.15, 0.2) is 11.6 Å². The summed E-state index contributed by atoms with van der Waals surface area (Å²) >= 11 is 0.